The minimum absolute atomic E-state index is 0.666. The Bertz CT molecular complexity index is 640. The average Bonchev–Trinajstić information content (AvgIpc) is 2.97. The minimum atomic E-state index is 0.666. The molecule has 3 rings (SSSR count). The third-order valence-electron chi connectivity index (χ3n) is 3.66. The first-order valence-electron chi connectivity index (χ1n) is 7.64. The first-order chi connectivity index (χ1) is 10.3. The number of benzene rings is 1. The molecule has 0 spiro atoms. The largest absolute Gasteiger partial charge is 0.494 e. The van der Waals surface area contributed by atoms with E-state index in [4.69, 9.17) is 14.7 Å². The highest BCUT2D eigenvalue weighted by Gasteiger charge is 2.19. The molecule has 21 heavy (non-hydrogen) atoms. The molecule has 0 saturated heterocycles. The van der Waals surface area contributed by atoms with Gasteiger partial charge in [0.15, 0.2) is 5.82 Å². The van der Waals surface area contributed by atoms with E-state index in [9.17, 15) is 0 Å². The fourth-order valence-electron chi connectivity index (χ4n) is 2.70. The number of nitrogens with one attached hydrogen (secondary N) is 1. The summed E-state index contributed by atoms with van der Waals surface area (Å²) < 4.78 is 5.57. The molecule has 1 aromatic heterocycles. The summed E-state index contributed by atoms with van der Waals surface area (Å²) in [5.74, 6) is 1.68. The van der Waals surface area contributed by atoms with Gasteiger partial charge in [0.25, 0.3) is 0 Å². The van der Waals surface area contributed by atoms with Gasteiger partial charge in [-0.1, -0.05) is 25.5 Å². The van der Waals surface area contributed by atoms with Gasteiger partial charge in [0.1, 0.15) is 5.75 Å². The zero-order valence-corrected chi connectivity index (χ0v) is 12.6. The van der Waals surface area contributed by atoms with Crippen LogP contribution >= 0.6 is 0 Å². The highest BCUT2D eigenvalue weighted by atomic mass is 16.5. The molecule has 2 aromatic rings. The van der Waals surface area contributed by atoms with E-state index >= 15 is 0 Å². The van der Waals surface area contributed by atoms with Crippen LogP contribution in [0.5, 0.6) is 5.75 Å². The van der Waals surface area contributed by atoms with E-state index in [0.717, 1.165) is 48.8 Å². The van der Waals surface area contributed by atoms with Gasteiger partial charge in [-0.2, -0.15) is 0 Å². The lowest BCUT2D eigenvalue weighted by Gasteiger charge is -2.10. The van der Waals surface area contributed by atoms with Crippen molar-refractivity contribution in [1.29, 1.82) is 0 Å². The monoisotopic (exact) mass is 283 g/mol. The normalized spacial score (nSPS) is 13.2. The predicted molar refractivity (Wildman–Crippen MR) is 83.2 cm³/mol. The van der Waals surface area contributed by atoms with Crippen LogP contribution < -0.4 is 10.1 Å². The van der Waals surface area contributed by atoms with E-state index in [1.165, 1.54) is 11.3 Å². The number of aryl methyl sites for hydroxylation is 1. The third kappa shape index (κ3) is 2.90. The number of hydrogen-bond acceptors (Lipinski definition) is 4. The van der Waals surface area contributed by atoms with Crippen LogP contribution in [0.15, 0.2) is 24.3 Å². The van der Waals surface area contributed by atoms with Crippen molar-refractivity contribution in [2.24, 2.45) is 0 Å². The molecule has 4 heteroatoms. The Morgan fingerprint density at radius 3 is 2.90 bits per heavy atom. The van der Waals surface area contributed by atoms with E-state index in [-0.39, 0.29) is 0 Å². The fraction of sp³-hybridized carbons (Fsp3) is 0.412. The maximum atomic E-state index is 5.57. The van der Waals surface area contributed by atoms with Crippen LogP contribution in [0, 0.1) is 0 Å². The molecule has 0 atom stereocenters. The lowest BCUT2D eigenvalue weighted by atomic mass is 10.1. The second-order valence-electron chi connectivity index (χ2n) is 5.23. The van der Waals surface area contributed by atoms with Gasteiger partial charge in [-0.05, 0) is 25.5 Å². The first kappa shape index (κ1) is 14.0. The zero-order chi connectivity index (χ0) is 14.7. The summed E-state index contributed by atoms with van der Waals surface area (Å²) in [7, 11) is 0. The second-order valence-corrected chi connectivity index (χ2v) is 5.23. The Balaban J connectivity index is 2.02. The van der Waals surface area contributed by atoms with E-state index in [1.807, 2.05) is 31.2 Å². The van der Waals surface area contributed by atoms with E-state index < -0.39 is 0 Å². The molecule has 0 amide bonds. The van der Waals surface area contributed by atoms with Crippen molar-refractivity contribution < 1.29 is 4.74 Å². The standard InChI is InChI=1S/C17H21N3O/c1-3-6-15-14-10-18-11-16(14)20-17(19-15)12-7-5-8-13(9-12)21-4-2/h5,7-9,18H,3-4,6,10-11H2,1-2H3. The van der Waals surface area contributed by atoms with Gasteiger partial charge in [-0.25, -0.2) is 9.97 Å². The molecule has 1 N–H and O–H groups in total. The molecular weight excluding hydrogens is 262 g/mol. The van der Waals surface area contributed by atoms with Crippen LogP contribution in [0.3, 0.4) is 0 Å². The van der Waals surface area contributed by atoms with Gasteiger partial charge < -0.3 is 10.1 Å². The molecule has 0 unspecified atom stereocenters. The molecule has 0 bridgehead atoms. The molecule has 0 aliphatic carbocycles. The smallest absolute Gasteiger partial charge is 0.159 e. The van der Waals surface area contributed by atoms with Crippen LogP contribution in [-0.4, -0.2) is 16.6 Å². The highest BCUT2D eigenvalue weighted by molar-refractivity contribution is 5.58. The van der Waals surface area contributed by atoms with Crippen molar-refractivity contribution in [3.8, 4) is 17.1 Å². The Labute approximate surface area is 125 Å². The van der Waals surface area contributed by atoms with Gasteiger partial charge in [-0.15, -0.1) is 0 Å². The summed E-state index contributed by atoms with van der Waals surface area (Å²) in [4.78, 5) is 9.54. The zero-order valence-electron chi connectivity index (χ0n) is 12.6. The molecule has 2 heterocycles. The average molecular weight is 283 g/mol. The molecular formula is C17H21N3O. The van der Waals surface area contributed by atoms with Crippen molar-refractivity contribution in [2.45, 2.75) is 39.8 Å². The number of nitrogens with zero attached hydrogens (tertiary/aromatic N) is 2. The summed E-state index contributed by atoms with van der Waals surface area (Å²) in [5.41, 5.74) is 4.64. The van der Waals surface area contributed by atoms with Crippen LogP contribution in [0.2, 0.25) is 0 Å². The van der Waals surface area contributed by atoms with Crippen molar-refractivity contribution in [2.75, 3.05) is 6.61 Å². The minimum Gasteiger partial charge on any atom is -0.494 e. The molecule has 1 aliphatic rings. The highest BCUT2D eigenvalue weighted by Crippen LogP contribution is 2.25. The van der Waals surface area contributed by atoms with Gasteiger partial charge in [0.05, 0.1) is 12.3 Å². The maximum Gasteiger partial charge on any atom is 0.159 e. The topological polar surface area (TPSA) is 47.0 Å². The summed E-state index contributed by atoms with van der Waals surface area (Å²) in [6.45, 7) is 6.58. The third-order valence-corrected chi connectivity index (χ3v) is 3.66. The summed E-state index contributed by atoms with van der Waals surface area (Å²) in [6.07, 6.45) is 2.10. The Morgan fingerprint density at radius 2 is 2.10 bits per heavy atom. The second kappa shape index (κ2) is 6.22. The first-order valence-corrected chi connectivity index (χ1v) is 7.64. The van der Waals surface area contributed by atoms with Gasteiger partial charge in [-0.3, -0.25) is 0 Å². The molecule has 0 fully saturated rings. The number of fused-ring (bicyclic) bond motifs is 1. The van der Waals surface area contributed by atoms with E-state index in [2.05, 4.69) is 12.2 Å². The molecule has 1 aliphatic heterocycles. The van der Waals surface area contributed by atoms with E-state index in [0.29, 0.717) is 6.61 Å². The number of rotatable bonds is 5. The summed E-state index contributed by atoms with van der Waals surface area (Å²) in [5, 5.41) is 3.37. The number of aromatic nitrogens is 2. The molecule has 110 valence electrons. The Hall–Kier alpha value is -1.94. The predicted octanol–water partition coefficient (Wildman–Crippen LogP) is 3.10. The molecule has 1 aromatic carbocycles. The van der Waals surface area contributed by atoms with Crippen LogP contribution in [0.1, 0.15) is 37.2 Å². The summed E-state index contributed by atoms with van der Waals surface area (Å²) in [6, 6.07) is 8.02. The molecule has 0 saturated carbocycles. The fourth-order valence-corrected chi connectivity index (χ4v) is 2.70. The Morgan fingerprint density at radius 1 is 1.19 bits per heavy atom. The van der Waals surface area contributed by atoms with Crippen molar-refractivity contribution in [3.63, 3.8) is 0 Å². The van der Waals surface area contributed by atoms with E-state index in [1.54, 1.807) is 0 Å². The number of ether oxygens (including phenoxy) is 1. The SMILES string of the molecule is CCCc1nc(-c2cccc(OCC)c2)nc2c1CNC2. The Kier molecular flexibility index (Phi) is 4.15. The van der Waals surface area contributed by atoms with Crippen molar-refractivity contribution >= 4 is 0 Å². The maximum absolute atomic E-state index is 5.57. The van der Waals surface area contributed by atoms with Gasteiger partial charge in [0, 0.05) is 29.9 Å². The lowest BCUT2D eigenvalue weighted by molar-refractivity contribution is 0.340. The van der Waals surface area contributed by atoms with Gasteiger partial charge >= 0.3 is 0 Å². The quantitative estimate of drug-likeness (QED) is 0.916. The van der Waals surface area contributed by atoms with Gasteiger partial charge in [0.2, 0.25) is 0 Å². The molecule has 4 nitrogen and oxygen atoms in total. The van der Waals surface area contributed by atoms with Crippen molar-refractivity contribution in [3.05, 3.63) is 41.2 Å². The lowest BCUT2D eigenvalue weighted by Crippen LogP contribution is -2.03. The van der Waals surface area contributed by atoms with Crippen LogP contribution in [0.4, 0.5) is 0 Å². The number of hydrogen-bond donors (Lipinski definition) is 1. The van der Waals surface area contributed by atoms with Crippen LogP contribution in [0.25, 0.3) is 11.4 Å². The van der Waals surface area contributed by atoms with Crippen LogP contribution in [-0.2, 0) is 19.5 Å². The molecule has 0 radical (unpaired) electrons. The van der Waals surface area contributed by atoms with Crippen molar-refractivity contribution in [1.82, 2.24) is 15.3 Å². The summed E-state index contributed by atoms with van der Waals surface area (Å²) >= 11 is 0.